The maximum Gasteiger partial charge on any atom is 0.325 e. The van der Waals surface area contributed by atoms with Crippen LogP contribution in [0.25, 0.3) is 22.2 Å². The van der Waals surface area contributed by atoms with Crippen molar-refractivity contribution in [2.75, 3.05) is 27.3 Å². The molecular formula is C28H25N3O5. The molecule has 8 nitrogen and oxygen atoms in total. The summed E-state index contributed by atoms with van der Waals surface area (Å²) in [6.45, 7) is -0.483. The number of esters is 1. The van der Waals surface area contributed by atoms with E-state index in [0.29, 0.717) is 11.3 Å². The number of amides is 2. The topological polar surface area (TPSA) is 101 Å². The van der Waals surface area contributed by atoms with Crippen LogP contribution in [0.15, 0.2) is 72.8 Å². The monoisotopic (exact) mass is 483 g/mol. The summed E-state index contributed by atoms with van der Waals surface area (Å²) in [5.74, 6) is -0.549. The Balaban J connectivity index is 1.65. The van der Waals surface area contributed by atoms with Crippen LogP contribution in [0.5, 0.6) is 5.75 Å². The number of hydrogen-bond acceptors (Lipinski definition) is 5. The van der Waals surface area contributed by atoms with Crippen LogP contribution in [0.2, 0.25) is 0 Å². The molecule has 2 heterocycles. The van der Waals surface area contributed by atoms with Crippen molar-refractivity contribution < 1.29 is 23.9 Å². The molecule has 0 radical (unpaired) electrons. The van der Waals surface area contributed by atoms with Gasteiger partial charge in [0.05, 0.1) is 26.0 Å². The van der Waals surface area contributed by atoms with Gasteiger partial charge in [-0.1, -0.05) is 48.5 Å². The van der Waals surface area contributed by atoms with Crippen LogP contribution in [0.1, 0.15) is 27.5 Å². The van der Waals surface area contributed by atoms with Gasteiger partial charge in [-0.2, -0.15) is 0 Å². The second-order valence-corrected chi connectivity index (χ2v) is 8.47. The van der Waals surface area contributed by atoms with Gasteiger partial charge in [0.25, 0.3) is 5.91 Å². The third kappa shape index (κ3) is 4.07. The van der Waals surface area contributed by atoms with Crippen molar-refractivity contribution in [3.63, 3.8) is 0 Å². The Labute approximate surface area is 207 Å². The summed E-state index contributed by atoms with van der Waals surface area (Å²) in [7, 11) is 2.87. The highest BCUT2D eigenvalue weighted by atomic mass is 16.5. The number of methoxy groups -OCH3 is 2. The van der Waals surface area contributed by atoms with Crippen LogP contribution in [-0.4, -0.2) is 55.0 Å². The summed E-state index contributed by atoms with van der Waals surface area (Å²) >= 11 is 0. The maximum atomic E-state index is 13.5. The van der Waals surface area contributed by atoms with Crippen molar-refractivity contribution in [3.05, 3.63) is 89.5 Å². The van der Waals surface area contributed by atoms with Crippen LogP contribution < -0.4 is 10.1 Å². The van der Waals surface area contributed by atoms with Crippen LogP contribution >= 0.6 is 0 Å². The largest absolute Gasteiger partial charge is 0.497 e. The molecule has 0 saturated carbocycles. The van der Waals surface area contributed by atoms with E-state index in [2.05, 4.69) is 15.0 Å². The van der Waals surface area contributed by atoms with Gasteiger partial charge in [0, 0.05) is 27.6 Å². The van der Waals surface area contributed by atoms with Gasteiger partial charge in [-0.05, 0) is 29.8 Å². The molecule has 0 aliphatic carbocycles. The molecule has 182 valence electrons. The van der Waals surface area contributed by atoms with E-state index in [0.717, 1.165) is 33.3 Å². The van der Waals surface area contributed by atoms with Gasteiger partial charge >= 0.3 is 5.97 Å². The summed E-state index contributed by atoms with van der Waals surface area (Å²) in [5.41, 5.74) is 4.90. The fourth-order valence-corrected chi connectivity index (χ4v) is 4.75. The molecule has 8 heteroatoms. The number of nitrogens with one attached hydrogen (secondary N) is 2. The summed E-state index contributed by atoms with van der Waals surface area (Å²) in [4.78, 5) is 42.9. The third-order valence-corrected chi connectivity index (χ3v) is 6.41. The lowest BCUT2D eigenvalue weighted by Gasteiger charge is -2.26. The molecule has 1 aliphatic rings. The number of H-pyrrole nitrogens is 1. The minimum absolute atomic E-state index is 0.216. The minimum Gasteiger partial charge on any atom is -0.497 e. The Morgan fingerprint density at radius 2 is 1.78 bits per heavy atom. The molecule has 36 heavy (non-hydrogen) atoms. The number of carbonyl (C=O) groups is 3. The third-order valence-electron chi connectivity index (χ3n) is 6.41. The highest BCUT2D eigenvalue weighted by molar-refractivity contribution is 6.03. The zero-order valence-corrected chi connectivity index (χ0v) is 19.9. The summed E-state index contributed by atoms with van der Waals surface area (Å²) in [5, 5.41) is 3.49. The first-order valence-electron chi connectivity index (χ1n) is 11.5. The summed E-state index contributed by atoms with van der Waals surface area (Å²) < 4.78 is 10.1. The number of hydrogen-bond donors (Lipinski definition) is 2. The van der Waals surface area contributed by atoms with Crippen molar-refractivity contribution in [2.45, 2.75) is 6.04 Å². The van der Waals surface area contributed by atoms with Gasteiger partial charge in [-0.25, -0.2) is 0 Å². The van der Waals surface area contributed by atoms with E-state index >= 15 is 0 Å². The van der Waals surface area contributed by atoms with Crippen molar-refractivity contribution >= 4 is 28.7 Å². The zero-order valence-electron chi connectivity index (χ0n) is 19.9. The van der Waals surface area contributed by atoms with Gasteiger partial charge < -0.3 is 24.7 Å². The molecular weight excluding hydrogens is 458 g/mol. The quantitative estimate of drug-likeness (QED) is 0.391. The van der Waals surface area contributed by atoms with Crippen LogP contribution in [0, 0.1) is 0 Å². The van der Waals surface area contributed by atoms with Crippen molar-refractivity contribution in [2.24, 2.45) is 0 Å². The van der Waals surface area contributed by atoms with Gasteiger partial charge in [-0.3, -0.25) is 14.4 Å². The standard InChI is InChI=1S/C28H25N3O5/c1-35-18-9-7-8-17(14-18)26-25(21-12-5-6-13-22(21)30-26)27-19-10-3-4-11-20(19)28(34)31(27)16-23(32)29-15-24(33)36-2/h3-14,27,30H,15-16H2,1-2H3,(H,29,32). The average Bonchev–Trinajstić information content (AvgIpc) is 3.42. The lowest BCUT2D eigenvalue weighted by Crippen LogP contribution is -2.41. The fourth-order valence-electron chi connectivity index (χ4n) is 4.75. The number of aromatic amines is 1. The lowest BCUT2D eigenvalue weighted by molar-refractivity contribution is -0.141. The van der Waals surface area contributed by atoms with Gasteiger partial charge in [0.15, 0.2) is 0 Å². The van der Waals surface area contributed by atoms with Gasteiger partial charge in [0.2, 0.25) is 5.91 Å². The van der Waals surface area contributed by atoms with Gasteiger partial charge in [0.1, 0.15) is 18.8 Å². The van der Waals surface area contributed by atoms with E-state index in [1.54, 1.807) is 18.1 Å². The Morgan fingerprint density at radius 1 is 1.00 bits per heavy atom. The SMILES string of the molecule is COC(=O)CNC(=O)CN1C(=O)c2ccccc2C1c1c(-c2cccc(OC)c2)[nH]c2ccccc12. The number of fused-ring (bicyclic) bond motifs is 2. The first-order valence-corrected chi connectivity index (χ1v) is 11.5. The van der Waals surface area contributed by atoms with Crippen LogP contribution in [0.4, 0.5) is 0 Å². The minimum atomic E-state index is -0.562. The molecule has 0 bridgehead atoms. The molecule has 1 atom stereocenters. The van der Waals surface area contributed by atoms with E-state index in [1.807, 2.05) is 66.7 Å². The van der Waals surface area contributed by atoms with E-state index in [-0.39, 0.29) is 19.0 Å². The average molecular weight is 484 g/mol. The molecule has 4 aromatic rings. The molecule has 0 saturated heterocycles. The number of para-hydroxylation sites is 1. The maximum absolute atomic E-state index is 13.5. The Bertz CT molecular complexity index is 1480. The lowest BCUT2D eigenvalue weighted by atomic mass is 9.93. The molecule has 0 spiro atoms. The molecule has 1 aliphatic heterocycles. The summed E-state index contributed by atoms with van der Waals surface area (Å²) in [6.07, 6.45) is 0. The first kappa shape index (κ1) is 23.2. The van der Waals surface area contributed by atoms with Crippen molar-refractivity contribution in [3.8, 4) is 17.0 Å². The van der Waals surface area contributed by atoms with E-state index in [4.69, 9.17) is 4.74 Å². The zero-order chi connectivity index (χ0) is 25.2. The summed E-state index contributed by atoms with van der Waals surface area (Å²) in [6, 6.07) is 22.5. The van der Waals surface area contributed by atoms with E-state index < -0.39 is 17.9 Å². The smallest absolute Gasteiger partial charge is 0.325 e. The molecule has 2 amide bonds. The van der Waals surface area contributed by atoms with Crippen molar-refractivity contribution in [1.82, 2.24) is 15.2 Å². The Kier molecular flexibility index (Phi) is 6.16. The number of benzene rings is 3. The molecule has 3 aromatic carbocycles. The normalized spacial score (nSPS) is 14.6. The molecule has 2 N–H and O–H groups in total. The van der Waals surface area contributed by atoms with Crippen LogP contribution in [0.3, 0.4) is 0 Å². The number of nitrogens with zero attached hydrogens (tertiary/aromatic N) is 1. The highest BCUT2D eigenvalue weighted by Gasteiger charge is 2.41. The number of ether oxygens (including phenoxy) is 2. The predicted molar refractivity (Wildman–Crippen MR) is 135 cm³/mol. The molecule has 5 rings (SSSR count). The second-order valence-electron chi connectivity index (χ2n) is 8.47. The van der Waals surface area contributed by atoms with E-state index in [1.165, 1.54) is 7.11 Å². The first-order chi connectivity index (χ1) is 17.5. The number of aromatic nitrogens is 1. The predicted octanol–water partition coefficient (Wildman–Crippen LogP) is 3.68. The Morgan fingerprint density at radius 3 is 2.58 bits per heavy atom. The van der Waals surface area contributed by atoms with E-state index in [9.17, 15) is 14.4 Å². The molecule has 1 aromatic heterocycles. The number of rotatable bonds is 7. The number of carbonyl (C=O) groups excluding carboxylic acids is 3. The highest BCUT2D eigenvalue weighted by Crippen LogP contribution is 2.45. The second kappa shape index (κ2) is 9.58. The van der Waals surface area contributed by atoms with Crippen LogP contribution in [-0.2, 0) is 14.3 Å². The molecule has 1 unspecified atom stereocenters. The van der Waals surface area contributed by atoms with Crippen molar-refractivity contribution in [1.29, 1.82) is 0 Å². The Hall–Kier alpha value is -4.59. The fraction of sp³-hybridized carbons (Fsp3) is 0.179. The van der Waals surface area contributed by atoms with Gasteiger partial charge in [-0.15, -0.1) is 0 Å². The molecule has 0 fully saturated rings.